The number of pyridine rings is 1. The Morgan fingerprint density at radius 2 is 1.85 bits per heavy atom. The van der Waals surface area contributed by atoms with Crippen LogP contribution < -0.4 is 5.32 Å². The Bertz CT molecular complexity index is 846. The van der Waals surface area contributed by atoms with Gasteiger partial charge in [0.25, 0.3) is 0 Å². The number of hydrogen-bond donors (Lipinski definition) is 1. The van der Waals surface area contributed by atoms with Gasteiger partial charge in [-0.05, 0) is 48.6 Å². The average molecular weight is 361 g/mol. The van der Waals surface area contributed by atoms with Crippen LogP contribution in [0.3, 0.4) is 0 Å². The van der Waals surface area contributed by atoms with Crippen molar-refractivity contribution in [3.8, 4) is 0 Å². The lowest BCUT2D eigenvalue weighted by molar-refractivity contribution is -0.135. The average Bonchev–Trinajstić information content (AvgIpc) is 3.36. The van der Waals surface area contributed by atoms with Crippen LogP contribution in [0.15, 0.2) is 67.5 Å². The van der Waals surface area contributed by atoms with Crippen LogP contribution in [0.25, 0.3) is 0 Å². The van der Waals surface area contributed by atoms with Crippen LogP contribution in [0.2, 0.25) is 0 Å². The number of likely N-dealkylation sites (tertiary alicyclic amines) is 1. The van der Waals surface area contributed by atoms with Crippen LogP contribution in [-0.2, 0) is 15.1 Å². The lowest BCUT2D eigenvalue weighted by Crippen LogP contribution is -2.48. The zero-order chi connectivity index (χ0) is 18.9. The number of carbonyl (C=O) groups is 2. The van der Waals surface area contributed by atoms with Gasteiger partial charge in [0.05, 0.1) is 5.54 Å². The minimum Gasteiger partial charge on any atom is -0.345 e. The highest BCUT2D eigenvalue weighted by atomic mass is 16.2. The zero-order valence-corrected chi connectivity index (χ0v) is 15.2. The molecule has 1 saturated carbocycles. The number of rotatable bonds is 5. The third kappa shape index (κ3) is 3.37. The lowest BCUT2D eigenvalue weighted by atomic mass is 9.96. The number of carbonyl (C=O) groups excluding carboxylic acids is 2. The molecule has 0 bridgehead atoms. The van der Waals surface area contributed by atoms with Gasteiger partial charge in [0.15, 0.2) is 0 Å². The first-order valence-electron chi connectivity index (χ1n) is 9.33. The summed E-state index contributed by atoms with van der Waals surface area (Å²) in [5, 5.41) is 3.21. The van der Waals surface area contributed by atoms with Crippen LogP contribution in [0, 0.1) is 0 Å². The SMILES string of the molecule is C=CC(=O)N1C[C@H](c2ccccc2)C[C@H]1C(=O)NC1(c2ccncc2)CC1. The van der Waals surface area contributed by atoms with E-state index in [4.69, 9.17) is 0 Å². The molecule has 4 rings (SSSR count). The van der Waals surface area contributed by atoms with Gasteiger partial charge in [-0.15, -0.1) is 0 Å². The highest BCUT2D eigenvalue weighted by molar-refractivity contribution is 5.93. The maximum Gasteiger partial charge on any atom is 0.246 e. The number of benzene rings is 1. The molecule has 2 amide bonds. The second-order valence-electron chi connectivity index (χ2n) is 7.36. The largest absolute Gasteiger partial charge is 0.345 e. The minimum atomic E-state index is -0.472. The van der Waals surface area contributed by atoms with E-state index in [9.17, 15) is 9.59 Å². The fourth-order valence-corrected chi connectivity index (χ4v) is 4.01. The monoisotopic (exact) mass is 361 g/mol. The van der Waals surface area contributed by atoms with Gasteiger partial charge in [0, 0.05) is 24.9 Å². The standard InChI is InChI=1S/C22H23N3O2/c1-2-20(26)25-15-17(16-6-4-3-5-7-16)14-19(25)21(27)24-22(10-11-22)18-8-12-23-13-9-18/h2-9,12-13,17,19H,1,10-11,14-15H2,(H,24,27)/t17-,19+/m1/s1. The third-order valence-electron chi connectivity index (χ3n) is 5.68. The van der Waals surface area contributed by atoms with Crippen molar-refractivity contribution in [2.24, 2.45) is 0 Å². The first-order valence-corrected chi connectivity index (χ1v) is 9.33. The van der Waals surface area contributed by atoms with Crippen LogP contribution in [-0.4, -0.2) is 34.3 Å². The maximum absolute atomic E-state index is 13.1. The van der Waals surface area contributed by atoms with Crippen molar-refractivity contribution in [3.63, 3.8) is 0 Å². The van der Waals surface area contributed by atoms with Gasteiger partial charge in [0.2, 0.25) is 11.8 Å². The number of aromatic nitrogens is 1. The van der Waals surface area contributed by atoms with E-state index in [1.54, 1.807) is 17.3 Å². The number of hydrogen-bond acceptors (Lipinski definition) is 3. The molecule has 2 aromatic rings. The second kappa shape index (κ2) is 6.99. The van der Waals surface area contributed by atoms with E-state index in [0.29, 0.717) is 13.0 Å². The Kier molecular flexibility index (Phi) is 4.52. The first kappa shape index (κ1) is 17.5. The van der Waals surface area contributed by atoms with Gasteiger partial charge in [0.1, 0.15) is 6.04 Å². The molecule has 1 aliphatic carbocycles. The smallest absolute Gasteiger partial charge is 0.246 e. The zero-order valence-electron chi connectivity index (χ0n) is 15.2. The number of nitrogens with one attached hydrogen (secondary N) is 1. The molecular formula is C22H23N3O2. The molecule has 1 aromatic heterocycles. The molecule has 2 atom stereocenters. The predicted octanol–water partition coefficient (Wildman–Crippen LogP) is 2.76. The van der Waals surface area contributed by atoms with Gasteiger partial charge < -0.3 is 10.2 Å². The van der Waals surface area contributed by atoms with Crippen LogP contribution in [0.5, 0.6) is 0 Å². The summed E-state index contributed by atoms with van der Waals surface area (Å²) in [5.74, 6) is -0.123. The summed E-state index contributed by atoms with van der Waals surface area (Å²) in [5.41, 5.74) is 1.92. The summed E-state index contributed by atoms with van der Waals surface area (Å²) in [6.07, 6.45) is 7.23. The summed E-state index contributed by atoms with van der Waals surface area (Å²) >= 11 is 0. The summed E-state index contributed by atoms with van der Waals surface area (Å²) in [7, 11) is 0. The fourth-order valence-electron chi connectivity index (χ4n) is 4.01. The third-order valence-corrected chi connectivity index (χ3v) is 5.68. The van der Waals surface area contributed by atoms with Crippen LogP contribution in [0.4, 0.5) is 0 Å². The molecule has 1 aliphatic heterocycles. The van der Waals surface area contributed by atoms with Crippen molar-refractivity contribution < 1.29 is 9.59 Å². The molecule has 2 heterocycles. The van der Waals surface area contributed by atoms with Gasteiger partial charge in [-0.2, -0.15) is 0 Å². The van der Waals surface area contributed by atoms with E-state index in [0.717, 1.165) is 24.0 Å². The second-order valence-corrected chi connectivity index (χ2v) is 7.36. The van der Waals surface area contributed by atoms with E-state index in [2.05, 4.69) is 29.0 Å². The lowest BCUT2D eigenvalue weighted by Gasteiger charge is -2.26. The molecule has 1 aromatic carbocycles. The molecule has 1 N–H and O–H groups in total. The van der Waals surface area contributed by atoms with Crippen molar-refractivity contribution in [1.82, 2.24) is 15.2 Å². The molecule has 5 nitrogen and oxygen atoms in total. The first-order chi connectivity index (χ1) is 13.1. The van der Waals surface area contributed by atoms with E-state index >= 15 is 0 Å². The van der Waals surface area contributed by atoms with Crippen LogP contribution in [0.1, 0.15) is 36.3 Å². The van der Waals surface area contributed by atoms with Crippen molar-refractivity contribution in [2.75, 3.05) is 6.54 Å². The Hall–Kier alpha value is -2.95. The normalized spacial score (nSPS) is 22.9. The van der Waals surface area contributed by atoms with E-state index in [-0.39, 0.29) is 23.3 Å². The minimum absolute atomic E-state index is 0.0852. The summed E-state index contributed by atoms with van der Waals surface area (Å²) in [6, 6.07) is 13.5. The topological polar surface area (TPSA) is 62.3 Å². The predicted molar refractivity (Wildman–Crippen MR) is 103 cm³/mol. The summed E-state index contributed by atoms with van der Waals surface area (Å²) < 4.78 is 0. The highest BCUT2D eigenvalue weighted by Crippen LogP contribution is 2.45. The van der Waals surface area contributed by atoms with Gasteiger partial charge >= 0.3 is 0 Å². The summed E-state index contributed by atoms with van der Waals surface area (Å²) in [6.45, 7) is 4.14. The Labute approximate surface area is 159 Å². The molecule has 138 valence electrons. The Morgan fingerprint density at radius 3 is 2.48 bits per heavy atom. The van der Waals surface area contributed by atoms with Crippen molar-refractivity contribution in [3.05, 3.63) is 78.6 Å². The number of amides is 2. The Balaban J connectivity index is 1.54. The molecule has 0 spiro atoms. The maximum atomic E-state index is 13.1. The quantitative estimate of drug-likeness (QED) is 0.833. The van der Waals surface area contributed by atoms with E-state index in [1.807, 2.05) is 30.3 Å². The molecule has 27 heavy (non-hydrogen) atoms. The fraction of sp³-hybridized carbons (Fsp3) is 0.318. The number of nitrogens with zero attached hydrogens (tertiary/aromatic N) is 2. The van der Waals surface area contributed by atoms with E-state index < -0.39 is 6.04 Å². The van der Waals surface area contributed by atoms with Crippen molar-refractivity contribution in [1.29, 1.82) is 0 Å². The molecule has 1 saturated heterocycles. The Morgan fingerprint density at radius 1 is 1.15 bits per heavy atom. The molecule has 2 aliphatic rings. The molecular weight excluding hydrogens is 338 g/mol. The van der Waals surface area contributed by atoms with E-state index in [1.165, 1.54) is 6.08 Å². The van der Waals surface area contributed by atoms with Crippen molar-refractivity contribution >= 4 is 11.8 Å². The van der Waals surface area contributed by atoms with Gasteiger partial charge in [-0.25, -0.2) is 0 Å². The van der Waals surface area contributed by atoms with Gasteiger partial charge in [-0.3, -0.25) is 14.6 Å². The molecule has 0 radical (unpaired) electrons. The van der Waals surface area contributed by atoms with Gasteiger partial charge in [-0.1, -0.05) is 36.9 Å². The molecule has 0 unspecified atom stereocenters. The molecule has 5 heteroatoms. The summed E-state index contributed by atoms with van der Waals surface area (Å²) in [4.78, 5) is 31.2. The highest BCUT2D eigenvalue weighted by Gasteiger charge is 2.48. The molecule has 2 fully saturated rings. The van der Waals surface area contributed by atoms with Crippen molar-refractivity contribution in [2.45, 2.75) is 36.8 Å². The van der Waals surface area contributed by atoms with Crippen LogP contribution >= 0.6 is 0 Å².